The molecule has 92 valence electrons. The summed E-state index contributed by atoms with van der Waals surface area (Å²) in [4.78, 5) is 2.65. The van der Waals surface area contributed by atoms with Crippen molar-refractivity contribution in [3.8, 4) is 5.75 Å². The van der Waals surface area contributed by atoms with Gasteiger partial charge < -0.3 is 5.11 Å². The normalized spacial score (nSPS) is 27.8. The van der Waals surface area contributed by atoms with E-state index in [0.29, 0.717) is 11.7 Å². The van der Waals surface area contributed by atoms with E-state index in [1.165, 1.54) is 49.9 Å². The molecule has 0 bridgehead atoms. The van der Waals surface area contributed by atoms with Crippen LogP contribution >= 0.6 is 0 Å². The van der Waals surface area contributed by atoms with Crippen LogP contribution in [0.25, 0.3) is 0 Å². The first-order valence-electron chi connectivity index (χ1n) is 6.85. The van der Waals surface area contributed by atoms with Gasteiger partial charge in [0.25, 0.3) is 0 Å². The van der Waals surface area contributed by atoms with Crippen molar-refractivity contribution in [2.45, 2.75) is 44.6 Å². The molecule has 0 aromatic heterocycles. The molecular weight excluding hydrogens is 210 g/mol. The van der Waals surface area contributed by atoms with Gasteiger partial charge in [-0.1, -0.05) is 13.0 Å². The monoisotopic (exact) mass is 231 g/mol. The zero-order chi connectivity index (χ0) is 11.8. The van der Waals surface area contributed by atoms with Crippen LogP contribution in [0.1, 0.15) is 43.2 Å². The van der Waals surface area contributed by atoms with Crippen LogP contribution in [0.15, 0.2) is 18.2 Å². The van der Waals surface area contributed by atoms with Crippen LogP contribution < -0.4 is 0 Å². The first-order chi connectivity index (χ1) is 8.29. The minimum absolute atomic E-state index is 0.429. The van der Waals surface area contributed by atoms with E-state index in [2.05, 4.69) is 17.9 Å². The average molecular weight is 231 g/mol. The second kappa shape index (κ2) is 4.34. The van der Waals surface area contributed by atoms with Gasteiger partial charge in [-0.25, -0.2) is 0 Å². The van der Waals surface area contributed by atoms with E-state index in [9.17, 15) is 5.11 Å². The maximum atomic E-state index is 9.66. The van der Waals surface area contributed by atoms with Gasteiger partial charge >= 0.3 is 0 Å². The molecule has 2 atom stereocenters. The highest BCUT2D eigenvalue weighted by molar-refractivity contribution is 5.40. The van der Waals surface area contributed by atoms with Gasteiger partial charge in [-0.3, -0.25) is 4.90 Å². The largest absolute Gasteiger partial charge is 0.508 e. The lowest BCUT2D eigenvalue weighted by Crippen LogP contribution is -2.35. The summed E-state index contributed by atoms with van der Waals surface area (Å²) < 4.78 is 0. The Morgan fingerprint density at radius 1 is 1.35 bits per heavy atom. The van der Waals surface area contributed by atoms with Crippen molar-refractivity contribution in [1.82, 2.24) is 4.90 Å². The average Bonchev–Trinajstić information content (AvgIpc) is 2.73. The smallest absolute Gasteiger partial charge is 0.115 e. The molecule has 17 heavy (non-hydrogen) atoms. The molecule has 1 N–H and O–H groups in total. The van der Waals surface area contributed by atoms with Gasteiger partial charge in [0.2, 0.25) is 0 Å². The maximum absolute atomic E-state index is 9.66. The summed E-state index contributed by atoms with van der Waals surface area (Å²) >= 11 is 0. The molecule has 1 unspecified atom stereocenters. The number of rotatable bonds is 2. The Hall–Kier alpha value is -1.02. The molecule has 1 aromatic carbocycles. The summed E-state index contributed by atoms with van der Waals surface area (Å²) in [5, 5.41) is 9.66. The molecule has 1 aliphatic heterocycles. The molecule has 0 saturated carbocycles. The minimum atomic E-state index is 0.429. The molecule has 2 aliphatic rings. The van der Waals surface area contributed by atoms with Gasteiger partial charge in [-0.2, -0.15) is 0 Å². The molecule has 2 nitrogen and oxygen atoms in total. The van der Waals surface area contributed by atoms with E-state index in [1.54, 1.807) is 0 Å². The lowest BCUT2D eigenvalue weighted by molar-refractivity contribution is 0.227. The molecule has 1 saturated heterocycles. The number of aromatic hydroxyl groups is 1. The second-order valence-electron chi connectivity index (χ2n) is 5.42. The van der Waals surface area contributed by atoms with E-state index in [4.69, 9.17) is 0 Å². The SMILES string of the molecule is CCCN1CC[C@@H]2c3cc(O)ccc3CCC21. The predicted molar refractivity (Wildman–Crippen MR) is 69.4 cm³/mol. The van der Waals surface area contributed by atoms with Gasteiger partial charge in [0.05, 0.1) is 0 Å². The van der Waals surface area contributed by atoms with Crippen molar-refractivity contribution < 1.29 is 5.11 Å². The number of fused-ring (bicyclic) bond motifs is 3. The molecule has 1 fully saturated rings. The van der Waals surface area contributed by atoms with E-state index in [0.717, 1.165) is 6.04 Å². The van der Waals surface area contributed by atoms with Crippen LogP contribution in [0.3, 0.4) is 0 Å². The van der Waals surface area contributed by atoms with Gasteiger partial charge in [-0.05, 0) is 62.0 Å². The minimum Gasteiger partial charge on any atom is -0.508 e. The first kappa shape index (κ1) is 11.1. The van der Waals surface area contributed by atoms with Gasteiger partial charge in [-0.15, -0.1) is 0 Å². The Kier molecular flexibility index (Phi) is 2.83. The highest BCUT2D eigenvalue weighted by Crippen LogP contribution is 2.42. The third-order valence-electron chi connectivity index (χ3n) is 4.41. The van der Waals surface area contributed by atoms with Crippen LogP contribution in [0.2, 0.25) is 0 Å². The molecule has 1 heterocycles. The van der Waals surface area contributed by atoms with Crippen LogP contribution in [0.5, 0.6) is 5.75 Å². The van der Waals surface area contributed by atoms with E-state index >= 15 is 0 Å². The van der Waals surface area contributed by atoms with E-state index in [-0.39, 0.29) is 0 Å². The number of phenolic OH excluding ortho intramolecular Hbond substituents is 1. The highest BCUT2D eigenvalue weighted by atomic mass is 16.3. The molecule has 2 heteroatoms. The zero-order valence-corrected chi connectivity index (χ0v) is 10.5. The number of benzene rings is 1. The number of likely N-dealkylation sites (tertiary alicyclic amines) is 1. The van der Waals surface area contributed by atoms with Crippen molar-refractivity contribution in [2.24, 2.45) is 0 Å². The van der Waals surface area contributed by atoms with Gasteiger partial charge in [0.15, 0.2) is 0 Å². The fourth-order valence-electron chi connectivity index (χ4n) is 3.69. The Labute approximate surface area is 103 Å². The summed E-state index contributed by atoms with van der Waals surface area (Å²) in [6.07, 6.45) is 4.98. The number of hydrogen-bond acceptors (Lipinski definition) is 2. The third-order valence-corrected chi connectivity index (χ3v) is 4.41. The lowest BCUT2D eigenvalue weighted by atomic mass is 9.79. The Morgan fingerprint density at radius 3 is 3.06 bits per heavy atom. The lowest BCUT2D eigenvalue weighted by Gasteiger charge is -2.33. The first-order valence-corrected chi connectivity index (χ1v) is 6.85. The van der Waals surface area contributed by atoms with Crippen LogP contribution in [-0.2, 0) is 6.42 Å². The second-order valence-corrected chi connectivity index (χ2v) is 5.42. The maximum Gasteiger partial charge on any atom is 0.115 e. The van der Waals surface area contributed by atoms with Crippen molar-refractivity contribution in [2.75, 3.05) is 13.1 Å². The summed E-state index contributed by atoms with van der Waals surface area (Å²) in [5.74, 6) is 1.09. The van der Waals surface area contributed by atoms with Crippen LogP contribution in [-0.4, -0.2) is 29.1 Å². The fourth-order valence-corrected chi connectivity index (χ4v) is 3.69. The van der Waals surface area contributed by atoms with Crippen molar-refractivity contribution in [3.63, 3.8) is 0 Å². The standard InChI is InChI=1S/C15H21NO/c1-2-8-16-9-7-13-14-10-12(17)5-3-11(14)4-6-15(13)16/h3,5,10,13,15,17H,2,4,6-9H2,1H3/t13-,15?/m1/s1. The third kappa shape index (κ3) is 1.85. The van der Waals surface area contributed by atoms with E-state index < -0.39 is 0 Å². The van der Waals surface area contributed by atoms with Crippen LogP contribution in [0, 0.1) is 0 Å². The van der Waals surface area contributed by atoms with E-state index in [1.807, 2.05) is 12.1 Å². The molecular formula is C15H21NO. The summed E-state index contributed by atoms with van der Waals surface area (Å²) in [5.41, 5.74) is 2.88. The number of phenols is 1. The topological polar surface area (TPSA) is 23.5 Å². The van der Waals surface area contributed by atoms with Crippen molar-refractivity contribution >= 4 is 0 Å². The van der Waals surface area contributed by atoms with Crippen molar-refractivity contribution in [1.29, 1.82) is 0 Å². The summed E-state index contributed by atoms with van der Waals surface area (Å²) in [6.45, 7) is 4.73. The Bertz CT molecular complexity index is 415. The molecule has 3 rings (SSSR count). The quantitative estimate of drug-likeness (QED) is 0.846. The highest BCUT2D eigenvalue weighted by Gasteiger charge is 2.37. The molecule has 1 aliphatic carbocycles. The van der Waals surface area contributed by atoms with Gasteiger partial charge in [0.1, 0.15) is 5.75 Å². The Balaban J connectivity index is 1.90. The molecule has 0 amide bonds. The van der Waals surface area contributed by atoms with Crippen LogP contribution in [0.4, 0.5) is 0 Å². The molecule has 0 radical (unpaired) electrons. The zero-order valence-electron chi connectivity index (χ0n) is 10.5. The van der Waals surface area contributed by atoms with Crippen molar-refractivity contribution in [3.05, 3.63) is 29.3 Å². The number of nitrogens with zero attached hydrogens (tertiary/aromatic N) is 1. The summed E-state index contributed by atoms with van der Waals surface area (Å²) in [6, 6.07) is 6.67. The molecule has 0 spiro atoms. The summed E-state index contributed by atoms with van der Waals surface area (Å²) in [7, 11) is 0. The fraction of sp³-hybridized carbons (Fsp3) is 0.600. The number of hydrogen-bond donors (Lipinski definition) is 1. The number of aryl methyl sites for hydroxylation is 1. The Morgan fingerprint density at radius 2 is 2.24 bits per heavy atom. The predicted octanol–water partition coefficient (Wildman–Crippen LogP) is 2.91. The molecule has 1 aromatic rings. The van der Waals surface area contributed by atoms with Gasteiger partial charge in [0, 0.05) is 12.0 Å².